The number of nitrogens with one attached hydrogen (secondary N) is 1. The lowest BCUT2D eigenvalue weighted by atomic mass is 10.2. The van der Waals surface area contributed by atoms with Crippen LogP contribution in [0.3, 0.4) is 0 Å². The van der Waals surface area contributed by atoms with Crippen LogP contribution in [0.5, 0.6) is 0 Å². The Labute approximate surface area is 99.0 Å². The van der Waals surface area contributed by atoms with Crippen molar-refractivity contribution >= 4 is 11.2 Å². The van der Waals surface area contributed by atoms with Crippen LogP contribution in [-0.4, -0.2) is 21.4 Å². The molecule has 3 heterocycles. The average Bonchev–Trinajstić information content (AvgIpc) is 2.82. The normalized spacial score (nSPS) is 10.6. The van der Waals surface area contributed by atoms with Crippen LogP contribution in [0.25, 0.3) is 16.9 Å². The molecule has 0 saturated heterocycles. The fourth-order valence-electron chi connectivity index (χ4n) is 1.85. The van der Waals surface area contributed by atoms with Crippen molar-refractivity contribution in [3.8, 4) is 11.4 Å². The highest BCUT2D eigenvalue weighted by molar-refractivity contribution is 5.63. The summed E-state index contributed by atoms with van der Waals surface area (Å²) < 4.78 is 2.06. The van der Waals surface area contributed by atoms with E-state index in [0.717, 1.165) is 22.6 Å². The summed E-state index contributed by atoms with van der Waals surface area (Å²) in [5, 5.41) is 3.12. The predicted octanol–water partition coefficient (Wildman–Crippen LogP) is 2.44. The summed E-state index contributed by atoms with van der Waals surface area (Å²) in [5.74, 6) is 0.908. The van der Waals surface area contributed by atoms with Gasteiger partial charge in [-0.05, 0) is 24.3 Å². The molecule has 0 atom stereocenters. The molecule has 0 radical (unpaired) electrons. The van der Waals surface area contributed by atoms with Crippen molar-refractivity contribution in [3.63, 3.8) is 0 Å². The molecule has 84 valence electrons. The lowest BCUT2D eigenvalue weighted by Crippen LogP contribution is -1.94. The quantitative estimate of drug-likeness (QED) is 0.727. The van der Waals surface area contributed by atoms with Gasteiger partial charge in [0.05, 0.1) is 17.4 Å². The van der Waals surface area contributed by atoms with Gasteiger partial charge in [-0.25, -0.2) is 4.98 Å². The van der Waals surface area contributed by atoms with Gasteiger partial charge in [0, 0.05) is 31.2 Å². The van der Waals surface area contributed by atoms with E-state index in [1.807, 2.05) is 49.9 Å². The molecule has 0 aliphatic carbocycles. The summed E-state index contributed by atoms with van der Waals surface area (Å²) in [5.41, 5.74) is 3.14. The first-order valence-electron chi connectivity index (χ1n) is 5.44. The number of imidazole rings is 1. The van der Waals surface area contributed by atoms with Gasteiger partial charge in [0.25, 0.3) is 0 Å². The molecule has 3 aromatic rings. The van der Waals surface area contributed by atoms with Crippen LogP contribution in [0.2, 0.25) is 0 Å². The second kappa shape index (κ2) is 3.90. The highest BCUT2D eigenvalue weighted by Crippen LogP contribution is 2.20. The van der Waals surface area contributed by atoms with E-state index in [9.17, 15) is 0 Å². The van der Waals surface area contributed by atoms with Gasteiger partial charge in [0.15, 0.2) is 0 Å². The molecule has 0 aliphatic heterocycles. The molecule has 1 N–H and O–H groups in total. The Morgan fingerprint density at radius 3 is 2.88 bits per heavy atom. The van der Waals surface area contributed by atoms with E-state index in [4.69, 9.17) is 0 Å². The third-order valence-corrected chi connectivity index (χ3v) is 2.74. The van der Waals surface area contributed by atoms with Gasteiger partial charge < -0.3 is 5.32 Å². The molecule has 0 fully saturated rings. The summed E-state index contributed by atoms with van der Waals surface area (Å²) in [6.45, 7) is 0. The van der Waals surface area contributed by atoms with Crippen LogP contribution in [0.15, 0.2) is 49.1 Å². The standard InChI is InChI=1S/C13H12N4/c1-14-11-4-5-12-8-16-13(17(12)9-11)10-3-2-6-15-7-10/h2-9,14H,1H3. The molecule has 3 rings (SSSR count). The summed E-state index contributed by atoms with van der Waals surface area (Å²) >= 11 is 0. The number of aromatic nitrogens is 3. The van der Waals surface area contributed by atoms with Crippen LogP contribution < -0.4 is 5.32 Å². The highest BCUT2D eigenvalue weighted by Gasteiger charge is 2.06. The van der Waals surface area contributed by atoms with E-state index in [1.54, 1.807) is 6.20 Å². The summed E-state index contributed by atoms with van der Waals surface area (Å²) in [4.78, 5) is 8.56. The van der Waals surface area contributed by atoms with Crippen molar-refractivity contribution in [3.05, 3.63) is 49.1 Å². The maximum absolute atomic E-state index is 4.44. The van der Waals surface area contributed by atoms with Gasteiger partial charge >= 0.3 is 0 Å². The van der Waals surface area contributed by atoms with Crippen molar-refractivity contribution in [2.75, 3.05) is 12.4 Å². The number of anilines is 1. The van der Waals surface area contributed by atoms with E-state index in [-0.39, 0.29) is 0 Å². The molecule has 0 spiro atoms. The topological polar surface area (TPSA) is 42.2 Å². The van der Waals surface area contributed by atoms with E-state index >= 15 is 0 Å². The fraction of sp³-hybridized carbons (Fsp3) is 0.0769. The van der Waals surface area contributed by atoms with Gasteiger partial charge in [-0.1, -0.05) is 0 Å². The SMILES string of the molecule is CNc1ccc2cnc(-c3cccnc3)n2c1. The van der Waals surface area contributed by atoms with E-state index in [2.05, 4.69) is 19.7 Å². The Hall–Kier alpha value is -2.36. The van der Waals surface area contributed by atoms with Crippen LogP contribution >= 0.6 is 0 Å². The van der Waals surface area contributed by atoms with Crippen molar-refractivity contribution in [1.29, 1.82) is 0 Å². The molecule has 0 bridgehead atoms. The Kier molecular flexibility index (Phi) is 2.26. The molecule has 4 nitrogen and oxygen atoms in total. The van der Waals surface area contributed by atoms with E-state index < -0.39 is 0 Å². The number of rotatable bonds is 2. The monoisotopic (exact) mass is 224 g/mol. The van der Waals surface area contributed by atoms with E-state index in [0.29, 0.717) is 0 Å². The summed E-state index contributed by atoms with van der Waals surface area (Å²) in [6.07, 6.45) is 7.48. The first kappa shape index (κ1) is 9.84. The molecular formula is C13H12N4. The lowest BCUT2D eigenvalue weighted by molar-refractivity contribution is 1.15. The molecule has 0 saturated carbocycles. The highest BCUT2D eigenvalue weighted by atomic mass is 15.0. The van der Waals surface area contributed by atoms with Crippen LogP contribution in [0.4, 0.5) is 5.69 Å². The third kappa shape index (κ3) is 1.63. The molecule has 0 amide bonds. The van der Waals surface area contributed by atoms with Crippen LogP contribution in [-0.2, 0) is 0 Å². The number of hydrogen-bond acceptors (Lipinski definition) is 3. The van der Waals surface area contributed by atoms with Crippen molar-refractivity contribution in [2.45, 2.75) is 0 Å². The van der Waals surface area contributed by atoms with Gasteiger partial charge in [-0.2, -0.15) is 0 Å². The second-order valence-corrected chi connectivity index (χ2v) is 3.79. The first-order valence-corrected chi connectivity index (χ1v) is 5.44. The molecule has 0 aromatic carbocycles. The minimum absolute atomic E-state index is 0.908. The van der Waals surface area contributed by atoms with Crippen LogP contribution in [0.1, 0.15) is 0 Å². The maximum Gasteiger partial charge on any atom is 0.146 e. The predicted molar refractivity (Wildman–Crippen MR) is 68.0 cm³/mol. The second-order valence-electron chi connectivity index (χ2n) is 3.79. The number of pyridine rings is 2. The zero-order valence-electron chi connectivity index (χ0n) is 9.46. The molecule has 17 heavy (non-hydrogen) atoms. The zero-order valence-corrected chi connectivity index (χ0v) is 9.46. The van der Waals surface area contributed by atoms with Gasteiger partial charge in [0.1, 0.15) is 5.82 Å². The molecule has 4 heteroatoms. The van der Waals surface area contributed by atoms with Gasteiger partial charge in [-0.3, -0.25) is 9.38 Å². The summed E-state index contributed by atoms with van der Waals surface area (Å²) in [7, 11) is 1.90. The lowest BCUT2D eigenvalue weighted by Gasteiger charge is -2.04. The smallest absolute Gasteiger partial charge is 0.146 e. The number of hydrogen-bond donors (Lipinski definition) is 1. The fourth-order valence-corrected chi connectivity index (χ4v) is 1.85. The molecular weight excluding hydrogens is 212 g/mol. The summed E-state index contributed by atoms with van der Waals surface area (Å²) in [6, 6.07) is 7.99. The van der Waals surface area contributed by atoms with Crippen molar-refractivity contribution in [2.24, 2.45) is 0 Å². The van der Waals surface area contributed by atoms with E-state index in [1.165, 1.54) is 0 Å². The Morgan fingerprint density at radius 1 is 1.18 bits per heavy atom. The Morgan fingerprint density at radius 2 is 2.12 bits per heavy atom. The van der Waals surface area contributed by atoms with Crippen molar-refractivity contribution < 1.29 is 0 Å². The minimum Gasteiger partial charge on any atom is -0.387 e. The maximum atomic E-state index is 4.44. The van der Waals surface area contributed by atoms with Crippen molar-refractivity contribution in [1.82, 2.24) is 14.4 Å². The van der Waals surface area contributed by atoms with Crippen LogP contribution in [0, 0.1) is 0 Å². The number of fused-ring (bicyclic) bond motifs is 1. The number of nitrogens with zero attached hydrogens (tertiary/aromatic N) is 3. The molecule has 0 unspecified atom stereocenters. The van der Waals surface area contributed by atoms with Gasteiger partial charge in [0.2, 0.25) is 0 Å². The Bertz CT molecular complexity index is 643. The first-order chi connectivity index (χ1) is 8.38. The minimum atomic E-state index is 0.908. The molecule has 3 aromatic heterocycles. The average molecular weight is 224 g/mol. The third-order valence-electron chi connectivity index (χ3n) is 2.74. The van der Waals surface area contributed by atoms with Gasteiger partial charge in [-0.15, -0.1) is 0 Å². The zero-order chi connectivity index (χ0) is 11.7. The Balaban J connectivity index is 2.23. The largest absolute Gasteiger partial charge is 0.387 e. The molecule has 0 aliphatic rings.